The Bertz CT molecular complexity index is 1180. The average Bonchev–Trinajstić information content (AvgIpc) is 2.77. The van der Waals surface area contributed by atoms with Gasteiger partial charge in [0.25, 0.3) is 10.0 Å². The molecule has 0 unspecified atom stereocenters. The Morgan fingerprint density at radius 2 is 1.71 bits per heavy atom. The van der Waals surface area contributed by atoms with E-state index in [1.807, 2.05) is 0 Å². The molecule has 0 aliphatic rings. The molecule has 0 aliphatic carbocycles. The van der Waals surface area contributed by atoms with Crippen molar-refractivity contribution in [2.75, 3.05) is 6.61 Å². The molecule has 0 amide bonds. The van der Waals surface area contributed by atoms with Crippen LogP contribution < -0.4 is 14.3 Å². The number of esters is 1. The highest BCUT2D eigenvalue weighted by molar-refractivity contribution is 9.10. The lowest BCUT2D eigenvalue weighted by molar-refractivity contribution is 0.0727. The van der Waals surface area contributed by atoms with Gasteiger partial charge in [-0.3, -0.25) is 0 Å². The van der Waals surface area contributed by atoms with Crippen LogP contribution in [-0.4, -0.2) is 27.2 Å². The number of carbonyl (C=O) groups is 1. The van der Waals surface area contributed by atoms with Crippen molar-refractivity contribution in [3.8, 4) is 11.5 Å². The minimum absolute atomic E-state index is 0.103. The highest BCUT2D eigenvalue weighted by Gasteiger charge is 2.17. The zero-order chi connectivity index (χ0) is 22.3. The summed E-state index contributed by atoms with van der Waals surface area (Å²) >= 11 is 3.38. The first-order valence-corrected chi connectivity index (χ1v) is 11.5. The number of benzene rings is 3. The lowest BCUT2D eigenvalue weighted by Gasteiger charge is -2.13. The van der Waals surface area contributed by atoms with Crippen molar-refractivity contribution in [1.29, 1.82) is 0 Å². The Balaban J connectivity index is 1.81. The molecular weight excluding hydrogens is 484 g/mol. The fraction of sp³-hybridized carbons (Fsp3) is 0.0909. The number of hydrazone groups is 1. The molecule has 3 rings (SSSR count). The van der Waals surface area contributed by atoms with E-state index in [2.05, 4.69) is 25.9 Å². The summed E-state index contributed by atoms with van der Waals surface area (Å²) in [6, 6.07) is 19.7. The second-order valence-corrected chi connectivity index (χ2v) is 8.70. The molecule has 31 heavy (non-hydrogen) atoms. The second-order valence-electron chi connectivity index (χ2n) is 6.18. The summed E-state index contributed by atoms with van der Waals surface area (Å²) in [6.45, 7) is 2.13. The number of halogens is 1. The zero-order valence-electron chi connectivity index (χ0n) is 16.5. The predicted octanol–water partition coefficient (Wildman–Crippen LogP) is 4.38. The minimum Gasteiger partial charge on any atom is -0.490 e. The van der Waals surface area contributed by atoms with Crippen molar-refractivity contribution in [2.45, 2.75) is 11.8 Å². The third-order valence-corrected chi connectivity index (χ3v) is 5.80. The average molecular weight is 503 g/mol. The van der Waals surface area contributed by atoms with Crippen LogP contribution in [0, 0.1) is 0 Å². The predicted molar refractivity (Wildman–Crippen MR) is 121 cm³/mol. The number of nitrogens with zero attached hydrogens (tertiary/aromatic N) is 1. The van der Waals surface area contributed by atoms with Crippen LogP contribution in [-0.2, 0) is 10.0 Å². The second kappa shape index (κ2) is 10.2. The largest absolute Gasteiger partial charge is 0.490 e. The maximum atomic E-state index is 12.4. The van der Waals surface area contributed by atoms with E-state index in [-0.39, 0.29) is 10.6 Å². The van der Waals surface area contributed by atoms with Gasteiger partial charge in [-0.25, -0.2) is 9.63 Å². The lowest BCUT2D eigenvalue weighted by Crippen LogP contribution is -2.18. The summed E-state index contributed by atoms with van der Waals surface area (Å²) in [5.41, 5.74) is 0.934. The molecule has 0 spiro atoms. The summed E-state index contributed by atoms with van der Waals surface area (Å²) in [5.74, 6) is 0.00512. The molecule has 1 N–H and O–H groups in total. The Kier molecular flexibility index (Phi) is 7.43. The van der Waals surface area contributed by atoms with E-state index >= 15 is 0 Å². The maximum absolute atomic E-state index is 12.4. The molecule has 3 aromatic carbocycles. The lowest BCUT2D eigenvalue weighted by atomic mass is 10.2. The van der Waals surface area contributed by atoms with Gasteiger partial charge >= 0.3 is 5.97 Å². The van der Waals surface area contributed by atoms with Gasteiger partial charge in [-0.1, -0.05) is 36.4 Å². The Morgan fingerprint density at radius 3 is 2.35 bits per heavy atom. The molecule has 0 heterocycles. The van der Waals surface area contributed by atoms with Crippen LogP contribution in [0.25, 0.3) is 0 Å². The minimum atomic E-state index is -3.78. The topological polar surface area (TPSA) is 94.1 Å². The smallest absolute Gasteiger partial charge is 0.343 e. The fourth-order valence-corrected chi connectivity index (χ4v) is 3.93. The molecule has 160 valence electrons. The molecule has 0 bridgehead atoms. The maximum Gasteiger partial charge on any atom is 0.343 e. The summed E-state index contributed by atoms with van der Waals surface area (Å²) in [5, 5.41) is 3.82. The highest BCUT2D eigenvalue weighted by Crippen LogP contribution is 2.37. The van der Waals surface area contributed by atoms with Crippen molar-refractivity contribution in [2.24, 2.45) is 5.10 Å². The quantitative estimate of drug-likeness (QED) is 0.213. The summed E-state index contributed by atoms with van der Waals surface area (Å²) < 4.78 is 36.1. The number of sulfonamides is 1. The Hall–Kier alpha value is -3.17. The first-order chi connectivity index (χ1) is 14.9. The third kappa shape index (κ3) is 5.93. The number of nitrogens with one attached hydrogen (secondary N) is 1. The SMILES string of the molecule is CCOc1cc(/C=N\NS(=O)(=O)c2ccccc2)cc(Br)c1OC(=O)c1ccccc1. The molecular formula is C22H19BrN2O5S. The van der Waals surface area contributed by atoms with E-state index in [9.17, 15) is 13.2 Å². The summed E-state index contributed by atoms with van der Waals surface area (Å²) in [7, 11) is -3.78. The van der Waals surface area contributed by atoms with Gasteiger partial charge in [0.1, 0.15) is 0 Å². The molecule has 0 atom stereocenters. The van der Waals surface area contributed by atoms with Crippen LogP contribution >= 0.6 is 15.9 Å². The van der Waals surface area contributed by atoms with Crippen LogP contribution in [0.15, 0.2) is 87.3 Å². The van der Waals surface area contributed by atoms with Crippen LogP contribution in [0.2, 0.25) is 0 Å². The van der Waals surface area contributed by atoms with E-state index in [0.717, 1.165) is 0 Å². The van der Waals surface area contributed by atoms with Crippen molar-refractivity contribution >= 4 is 38.1 Å². The van der Waals surface area contributed by atoms with E-state index < -0.39 is 16.0 Å². The zero-order valence-corrected chi connectivity index (χ0v) is 18.9. The van der Waals surface area contributed by atoms with Gasteiger partial charge in [-0.2, -0.15) is 13.5 Å². The third-order valence-electron chi connectivity index (χ3n) is 3.98. The molecule has 0 aromatic heterocycles. The molecule has 9 heteroatoms. The van der Waals surface area contributed by atoms with Crippen molar-refractivity contribution < 1.29 is 22.7 Å². The van der Waals surface area contributed by atoms with Gasteiger partial charge < -0.3 is 9.47 Å². The van der Waals surface area contributed by atoms with Crippen molar-refractivity contribution in [3.05, 3.63) is 88.4 Å². The van der Waals surface area contributed by atoms with Gasteiger partial charge in [0.2, 0.25) is 0 Å². The van der Waals surface area contributed by atoms with Crippen molar-refractivity contribution in [3.63, 3.8) is 0 Å². The summed E-state index contributed by atoms with van der Waals surface area (Å²) in [6.07, 6.45) is 1.33. The van der Waals surface area contributed by atoms with Gasteiger partial charge in [0, 0.05) is 0 Å². The number of ether oxygens (including phenoxy) is 2. The summed E-state index contributed by atoms with van der Waals surface area (Å²) in [4.78, 5) is 14.7. The van der Waals surface area contributed by atoms with Crippen LogP contribution in [0.4, 0.5) is 0 Å². The van der Waals surface area contributed by atoms with Gasteiger partial charge in [-0.05, 0) is 64.8 Å². The normalized spacial score (nSPS) is 11.3. The molecule has 0 saturated carbocycles. The standard InChI is InChI=1S/C22H19BrN2O5S/c1-2-29-20-14-16(15-24-25-31(27,28)18-11-7-4-8-12-18)13-19(23)21(20)30-22(26)17-9-5-3-6-10-17/h3-15,25H,2H2,1H3/b24-15-. The first kappa shape index (κ1) is 22.5. The van der Waals surface area contributed by atoms with Crippen LogP contribution in [0.3, 0.4) is 0 Å². The van der Waals surface area contributed by atoms with E-state index in [1.54, 1.807) is 67.6 Å². The first-order valence-electron chi connectivity index (χ1n) is 9.24. The number of carbonyl (C=O) groups excluding carboxylic acids is 1. The highest BCUT2D eigenvalue weighted by atomic mass is 79.9. The van der Waals surface area contributed by atoms with Gasteiger partial charge in [0.05, 0.1) is 27.8 Å². The molecule has 3 aromatic rings. The van der Waals surface area contributed by atoms with Gasteiger partial charge in [-0.15, -0.1) is 0 Å². The molecule has 0 fully saturated rings. The number of rotatable bonds is 8. The fourth-order valence-electron chi connectivity index (χ4n) is 2.57. The number of hydrogen-bond acceptors (Lipinski definition) is 6. The van der Waals surface area contributed by atoms with Crippen LogP contribution in [0.1, 0.15) is 22.8 Å². The Morgan fingerprint density at radius 1 is 1.06 bits per heavy atom. The van der Waals surface area contributed by atoms with E-state index in [1.165, 1.54) is 18.3 Å². The molecule has 0 saturated heterocycles. The molecule has 0 aliphatic heterocycles. The van der Waals surface area contributed by atoms with Crippen LogP contribution in [0.5, 0.6) is 11.5 Å². The monoisotopic (exact) mass is 502 g/mol. The molecule has 7 nitrogen and oxygen atoms in total. The number of hydrogen-bond donors (Lipinski definition) is 1. The van der Waals surface area contributed by atoms with Gasteiger partial charge in [0.15, 0.2) is 11.5 Å². The molecule has 0 radical (unpaired) electrons. The van der Waals surface area contributed by atoms with E-state index in [0.29, 0.717) is 28.0 Å². The Labute approximate surface area is 188 Å². The van der Waals surface area contributed by atoms with E-state index in [4.69, 9.17) is 9.47 Å². The van der Waals surface area contributed by atoms with Crippen molar-refractivity contribution in [1.82, 2.24) is 4.83 Å².